The van der Waals surface area contributed by atoms with Crippen LogP contribution in [0.3, 0.4) is 0 Å². The Hall–Kier alpha value is -1.31. The van der Waals surface area contributed by atoms with Crippen molar-refractivity contribution in [3.63, 3.8) is 0 Å². The van der Waals surface area contributed by atoms with Gasteiger partial charge in [-0.05, 0) is 44.4 Å². The second-order valence-corrected chi connectivity index (χ2v) is 4.92. The van der Waals surface area contributed by atoms with Gasteiger partial charge in [0.05, 0.1) is 7.11 Å². The van der Waals surface area contributed by atoms with E-state index in [1.54, 1.807) is 7.11 Å². The molecule has 0 fully saturated rings. The summed E-state index contributed by atoms with van der Waals surface area (Å²) in [6, 6.07) is 0. The van der Waals surface area contributed by atoms with Crippen LogP contribution in [0.5, 0.6) is 0 Å². The molecule has 86 valence electrons. The minimum atomic E-state index is -0.358. The highest BCUT2D eigenvalue weighted by molar-refractivity contribution is 5.89. The van der Waals surface area contributed by atoms with Crippen LogP contribution in [-0.2, 0) is 9.53 Å². The topological polar surface area (TPSA) is 26.3 Å². The van der Waals surface area contributed by atoms with E-state index in [1.165, 1.54) is 5.57 Å². The molecule has 16 heavy (non-hydrogen) atoms. The van der Waals surface area contributed by atoms with E-state index in [-0.39, 0.29) is 5.41 Å². The average Bonchev–Trinajstić information content (AvgIpc) is 2.46. The Balaban J connectivity index is 2.50. The number of allylic oxidation sites excluding steroid dienone is 5. The highest BCUT2D eigenvalue weighted by atomic mass is 16.5. The molecule has 0 N–H and O–H groups in total. The number of carbonyl (C=O) groups excluding carboxylic acids is 1. The average molecular weight is 218 g/mol. The van der Waals surface area contributed by atoms with Gasteiger partial charge in [-0.1, -0.05) is 11.6 Å². The lowest BCUT2D eigenvalue weighted by molar-refractivity contribution is -0.125. The lowest BCUT2D eigenvalue weighted by Gasteiger charge is -2.32. The third kappa shape index (κ3) is 1.73. The van der Waals surface area contributed by atoms with Crippen LogP contribution >= 0.6 is 0 Å². The van der Waals surface area contributed by atoms with Crippen LogP contribution in [0.25, 0.3) is 0 Å². The number of Topliss-reactive ketones (excluding diaryl/α,β-unsaturated/α-hetero) is 1. The van der Waals surface area contributed by atoms with E-state index < -0.39 is 0 Å². The third-order valence-corrected chi connectivity index (χ3v) is 3.57. The first-order valence-corrected chi connectivity index (χ1v) is 5.73. The van der Waals surface area contributed by atoms with Gasteiger partial charge in [-0.15, -0.1) is 0 Å². The van der Waals surface area contributed by atoms with E-state index in [0.717, 1.165) is 24.2 Å². The number of hydrogen-bond acceptors (Lipinski definition) is 2. The van der Waals surface area contributed by atoms with E-state index in [0.29, 0.717) is 12.2 Å². The van der Waals surface area contributed by atoms with Crippen molar-refractivity contribution in [3.05, 3.63) is 35.1 Å². The van der Waals surface area contributed by atoms with Crippen LogP contribution in [0.2, 0.25) is 0 Å². The lowest BCUT2D eigenvalue weighted by atomic mass is 9.71. The normalized spacial score (nSPS) is 23.7. The second kappa shape index (κ2) is 3.93. The van der Waals surface area contributed by atoms with E-state index in [1.807, 2.05) is 26.0 Å². The van der Waals surface area contributed by atoms with Crippen LogP contribution in [0.4, 0.5) is 0 Å². The highest BCUT2D eigenvalue weighted by Crippen LogP contribution is 2.41. The van der Waals surface area contributed by atoms with Gasteiger partial charge in [0.2, 0.25) is 0 Å². The van der Waals surface area contributed by atoms with Gasteiger partial charge >= 0.3 is 0 Å². The maximum absolute atomic E-state index is 12.0. The summed E-state index contributed by atoms with van der Waals surface area (Å²) in [4.78, 5) is 12.0. The minimum Gasteiger partial charge on any atom is -0.497 e. The molecule has 0 atom stereocenters. The fourth-order valence-electron chi connectivity index (χ4n) is 2.43. The Bertz CT molecular complexity index is 408. The molecule has 2 rings (SSSR count). The van der Waals surface area contributed by atoms with Gasteiger partial charge in [-0.25, -0.2) is 0 Å². The van der Waals surface area contributed by atoms with E-state index in [4.69, 9.17) is 4.74 Å². The van der Waals surface area contributed by atoms with Gasteiger partial charge in [0.25, 0.3) is 0 Å². The fourth-order valence-corrected chi connectivity index (χ4v) is 2.43. The van der Waals surface area contributed by atoms with E-state index >= 15 is 0 Å². The molecule has 2 aliphatic rings. The van der Waals surface area contributed by atoms with Crippen molar-refractivity contribution >= 4 is 5.78 Å². The van der Waals surface area contributed by atoms with Gasteiger partial charge in [0.1, 0.15) is 11.5 Å². The lowest BCUT2D eigenvalue weighted by Crippen LogP contribution is -2.30. The molecule has 0 radical (unpaired) electrons. The summed E-state index contributed by atoms with van der Waals surface area (Å²) in [6.45, 7) is 4.03. The molecule has 0 amide bonds. The molecule has 0 saturated heterocycles. The molecular formula is C14H18O2. The van der Waals surface area contributed by atoms with Crippen molar-refractivity contribution in [1.29, 1.82) is 0 Å². The number of rotatable bonds is 1. The number of ketones is 1. The Labute approximate surface area is 96.7 Å². The maximum atomic E-state index is 12.0. The number of hydrogen-bond donors (Lipinski definition) is 0. The Morgan fingerprint density at radius 1 is 1.31 bits per heavy atom. The molecule has 0 aliphatic heterocycles. The molecule has 2 aliphatic carbocycles. The van der Waals surface area contributed by atoms with Crippen molar-refractivity contribution in [2.24, 2.45) is 5.41 Å². The van der Waals surface area contributed by atoms with Gasteiger partial charge in [0.15, 0.2) is 0 Å². The second-order valence-electron chi connectivity index (χ2n) is 4.92. The molecule has 0 unspecified atom stereocenters. The summed E-state index contributed by atoms with van der Waals surface area (Å²) in [5, 5.41) is 0. The van der Waals surface area contributed by atoms with Crippen molar-refractivity contribution in [1.82, 2.24) is 0 Å². The Kier molecular flexibility index (Phi) is 2.75. The van der Waals surface area contributed by atoms with Crippen LogP contribution < -0.4 is 0 Å². The number of ether oxygens (including phenoxy) is 1. The van der Waals surface area contributed by atoms with Crippen LogP contribution in [-0.4, -0.2) is 12.9 Å². The predicted molar refractivity (Wildman–Crippen MR) is 63.9 cm³/mol. The predicted octanol–water partition coefficient (Wildman–Crippen LogP) is 3.16. The first kappa shape index (κ1) is 11.2. The molecular weight excluding hydrogens is 200 g/mol. The van der Waals surface area contributed by atoms with Crippen LogP contribution in [0.15, 0.2) is 35.1 Å². The quantitative estimate of drug-likeness (QED) is 0.675. The number of methoxy groups -OCH3 is 1. The van der Waals surface area contributed by atoms with Crippen LogP contribution in [0, 0.1) is 5.41 Å². The SMILES string of the molecule is COC1=CC2=C(CC=C1)CCC(=O)C2(C)C. The molecule has 2 heteroatoms. The summed E-state index contributed by atoms with van der Waals surface area (Å²) in [6.07, 6.45) is 8.64. The molecule has 0 aromatic rings. The van der Waals surface area contributed by atoms with E-state index in [2.05, 4.69) is 6.08 Å². The molecule has 0 aromatic carbocycles. The molecule has 0 aromatic heterocycles. The number of carbonyl (C=O) groups is 1. The van der Waals surface area contributed by atoms with Gasteiger partial charge in [0, 0.05) is 11.8 Å². The fraction of sp³-hybridized carbons (Fsp3) is 0.500. The van der Waals surface area contributed by atoms with Gasteiger partial charge < -0.3 is 4.74 Å². The minimum absolute atomic E-state index is 0.333. The zero-order chi connectivity index (χ0) is 11.8. The van der Waals surface area contributed by atoms with E-state index in [9.17, 15) is 4.79 Å². The van der Waals surface area contributed by atoms with Crippen molar-refractivity contribution in [2.75, 3.05) is 7.11 Å². The smallest absolute Gasteiger partial charge is 0.143 e. The molecule has 0 bridgehead atoms. The zero-order valence-corrected chi connectivity index (χ0v) is 10.2. The van der Waals surface area contributed by atoms with Crippen LogP contribution in [0.1, 0.15) is 33.1 Å². The summed E-state index contributed by atoms with van der Waals surface area (Å²) in [5.74, 6) is 1.17. The van der Waals surface area contributed by atoms with Crippen molar-refractivity contribution in [2.45, 2.75) is 33.1 Å². The van der Waals surface area contributed by atoms with Gasteiger partial charge in [-0.3, -0.25) is 4.79 Å². The van der Waals surface area contributed by atoms with Gasteiger partial charge in [-0.2, -0.15) is 0 Å². The monoisotopic (exact) mass is 218 g/mol. The summed E-state index contributed by atoms with van der Waals surface area (Å²) < 4.78 is 5.28. The molecule has 0 spiro atoms. The third-order valence-electron chi connectivity index (χ3n) is 3.57. The highest BCUT2D eigenvalue weighted by Gasteiger charge is 2.36. The Morgan fingerprint density at radius 3 is 2.75 bits per heavy atom. The van der Waals surface area contributed by atoms with Crippen molar-refractivity contribution in [3.8, 4) is 0 Å². The first-order valence-electron chi connectivity index (χ1n) is 5.73. The Morgan fingerprint density at radius 2 is 2.06 bits per heavy atom. The summed E-state index contributed by atoms with van der Waals surface area (Å²) in [5.41, 5.74) is 2.18. The largest absolute Gasteiger partial charge is 0.497 e. The first-order chi connectivity index (χ1) is 7.55. The molecule has 0 heterocycles. The molecule has 0 saturated carbocycles. The zero-order valence-electron chi connectivity index (χ0n) is 10.2. The standard InChI is InChI=1S/C14H18O2/c1-14(2)12-9-11(16-3)6-4-5-10(12)7-8-13(14)15/h4,6,9H,5,7-8H2,1-3H3. The maximum Gasteiger partial charge on any atom is 0.143 e. The van der Waals surface area contributed by atoms with Crippen molar-refractivity contribution < 1.29 is 9.53 Å². The molecule has 2 nitrogen and oxygen atoms in total. The summed E-state index contributed by atoms with van der Waals surface area (Å²) >= 11 is 0. The summed E-state index contributed by atoms with van der Waals surface area (Å²) in [7, 11) is 1.67.